The van der Waals surface area contributed by atoms with Crippen molar-refractivity contribution in [3.8, 4) is 0 Å². The Balaban J connectivity index is 0.000000253. The van der Waals surface area contributed by atoms with Crippen molar-refractivity contribution in [2.24, 2.45) is 5.73 Å². The van der Waals surface area contributed by atoms with Gasteiger partial charge in [0.15, 0.2) is 0 Å². The Morgan fingerprint density at radius 3 is 2.26 bits per heavy atom. The minimum Gasteiger partial charge on any atom is -0.477 e. The van der Waals surface area contributed by atoms with E-state index in [2.05, 4.69) is 5.32 Å². The van der Waals surface area contributed by atoms with E-state index in [0.717, 1.165) is 11.3 Å². The summed E-state index contributed by atoms with van der Waals surface area (Å²) in [5.74, 6) is -1.85. The lowest BCUT2D eigenvalue weighted by Gasteiger charge is -2.04. The van der Waals surface area contributed by atoms with Crippen LogP contribution in [0, 0.1) is 0 Å². The lowest BCUT2D eigenvalue weighted by atomic mass is 10.2. The number of primary amides is 1. The summed E-state index contributed by atoms with van der Waals surface area (Å²) in [7, 11) is 0. The van der Waals surface area contributed by atoms with Crippen molar-refractivity contribution in [3.05, 3.63) is 52.2 Å². The number of alkyl halides is 1. The van der Waals surface area contributed by atoms with Crippen LogP contribution in [-0.2, 0) is 4.79 Å². The van der Waals surface area contributed by atoms with Gasteiger partial charge in [0.05, 0.1) is 5.69 Å². The summed E-state index contributed by atoms with van der Waals surface area (Å²) in [6, 6.07) is 10.3. The van der Waals surface area contributed by atoms with Crippen molar-refractivity contribution >= 4 is 46.4 Å². The maximum atomic E-state index is 11.2. The fraction of sp³-hybridized carbons (Fsp3) is 0.133. The number of amides is 2. The maximum absolute atomic E-state index is 11.2. The number of rotatable bonds is 4. The number of hydrogen-bond acceptors (Lipinski definition) is 4. The van der Waals surface area contributed by atoms with Crippen molar-refractivity contribution < 1.29 is 19.5 Å². The number of aromatic carboxylic acids is 1. The number of carboxylic acid groups (broad SMARTS) is 1. The number of nitrogens with one attached hydrogen (secondary N) is 1. The van der Waals surface area contributed by atoms with Gasteiger partial charge in [-0.25, -0.2) is 4.79 Å². The number of halogens is 1. The van der Waals surface area contributed by atoms with E-state index in [9.17, 15) is 14.4 Å². The molecule has 0 saturated carbocycles. The van der Waals surface area contributed by atoms with E-state index >= 15 is 0 Å². The highest BCUT2D eigenvalue weighted by atomic mass is 35.5. The molecule has 1 atom stereocenters. The number of carboxylic acids is 1. The van der Waals surface area contributed by atoms with Crippen molar-refractivity contribution in [2.75, 3.05) is 5.32 Å². The van der Waals surface area contributed by atoms with Crippen LogP contribution in [-0.4, -0.2) is 28.3 Å². The summed E-state index contributed by atoms with van der Waals surface area (Å²) in [5.41, 5.74) is 5.82. The topological polar surface area (TPSA) is 109 Å². The molecule has 0 saturated heterocycles. The maximum Gasteiger partial charge on any atom is 0.348 e. The number of anilines is 1. The van der Waals surface area contributed by atoms with Crippen LogP contribution in [0.15, 0.2) is 41.8 Å². The van der Waals surface area contributed by atoms with E-state index in [1.807, 2.05) is 6.07 Å². The molecule has 0 radical (unpaired) electrons. The number of thiophene rings is 1. The first-order valence-corrected chi connectivity index (χ1v) is 7.75. The normalized spacial score (nSPS) is 10.9. The highest BCUT2D eigenvalue weighted by Crippen LogP contribution is 2.22. The second-order valence-electron chi connectivity index (χ2n) is 4.30. The quantitative estimate of drug-likeness (QED) is 0.733. The molecule has 2 aromatic rings. The van der Waals surface area contributed by atoms with Gasteiger partial charge in [0.2, 0.25) is 11.8 Å². The largest absolute Gasteiger partial charge is 0.477 e. The third-order valence-corrected chi connectivity index (χ3v) is 3.64. The summed E-state index contributed by atoms with van der Waals surface area (Å²) in [5, 5.41) is 12.1. The van der Waals surface area contributed by atoms with E-state index in [4.69, 9.17) is 22.4 Å². The first-order valence-electron chi connectivity index (χ1n) is 6.43. The van der Waals surface area contributed by atoms with Crippen molar-refractivity contribution in [1.29, 1.82) is 0 Å². The summed E-state index contributed by atoms with van der Waals surface area (Å²) in [6.07, 6.45) is 0. The molecule has 0 spiro atoms. The number of hydrogen-bond donors (Lipinski definition) is 3. The Labute approximate surface area is 141 Å². The van der Waals surface area contributed by atoms with Crippen LogP contribution in [0.1, 0.15) is 27.0 Å². The van der Waals surface area contributed by atoms with Crippen molar-refractivity contribution in [2.45, 2.75) is 12.3 Å². The zero-order valence-corrected chi connectivity index (χ0v) is 13.7. The van der Waals surface area contributed by atoms with Gasteiger partial charge in [-0.15, -0.1) is 22.9 Å². The molecular formula is C15H15ClN2O4S. The van der Waals surface area contributed by atoms with Gasteiger partial charge in [0.1, 0.15) is 10.3 Å². The van der Waals surface area contributed by atoms with E-state index in [0.29, 0.717) is 11.3 Å². The molecule has 0 aliphatic heterocycles. The molecule has 0 bridgehead atoms. The van der Waals surface area contributed by atoms with E-state index in [1.165, 1.54) is 13.0 Å². The Hall–Kier alpha value is -2.38. The lowest BCUT2D eigenvalue weighted by Crippen LogP contribution is -2.21. The minimum atomic E-state index is -1.06. The first kappa shape index (κ1) is 18.7. The SMILES string of the molecule is CC(Cl)C(=O)Nc1ccsc1C(=O)O.NC(=O)c1ccccc1. The Morgan fingerprint density at radius 1 is 1.22 bits per heavy atom. The average molecular weight is 355 g/mol. The monoisotopic (exact) mass is 354 g/mol. The molecule has 4 N–H and O–H groups in total. The van der Waals surface area contributed by atoms with Gasteiger partial charge in [-0.05, 0) is 30.5 Å². The second-order valence-corrected chi connectivity index (χ2v) is 5.87. The van der Waals surface area contributed by atoms with Gasteiger partial charge >= 0.3 is 5.97 Å². The van der Waals surface area contributed by atoms with Gasteiger partial charge in [-0.2, -0.15) is 0 Å². The number of nitrogens with two attached hydrogens (primary N) is 1. The van der Waals surface area contributed by atoms with Crippen LogP contribution < -0.4 is 11.1 Å². The van der Waals surface area contributed by atoms with Crippen LogP contribution in [0.2, 0.25) is 0 Å². The third kappa shape index (κ3) is 6.09. The second kappa shape index (κ2) is 8.92. The molecule has 122 valence electrons. The summed E-state index contributed by atoms with van der Waals surface area (Å²) in [6.45, 7) is 1.52. The lowest BCUT2D eigenvalue weighted by molar-refractivity contribution is -0.115. The van der Waals surface area contributed by atoms with E-state index in [1.54, 1.807) is 29.6 Å². The molecule has 0 aliphatic carbocycles. The highest BCUT2D eigenvalue weighted by Gasteiger charge is 2.16. The number of carbonyl (C=O) groups is 3. The van der Waals surface area contributed by atoms with Crippen LogP contribution in [0.25, 0.3) is 0 Å². The molecule has 2 amide bonds. The van der Waals surface area contributed by atoms with Crippen LogP contribution in [0.3, 0.4) is 0 Å². The number of carbonyl (C=O) groups excluding carboxylic acids is 2. The van der Waals surface area contributed by atoms with Crippen LogP contribution in [0.4, 0.5) is 5.69 Å². The molecule has 1 heterocycles. The van der Waals surface area contributed by atoms with Crippen LogP contribution >= 0.6 is 22.9 Å². The highest BCUT2D eigenvalue weighted by molar-refractivity contribution is 7.12. The molecule has 23 heavy (non-hydrogen) atoms. The third-order valence-electron chi connectivity index (χ3n) is 2.54. The van der Waals surface area contributed by atoms with E-state index in [-0.39, 0.29) is 10.8 Å². The summed E-state index contributed by atoms with van der Waals surface area (Å²) >= 11 is 6.57. The molecule has 8 heteroatoms. The zero-order valence-electron chi connectivity index (χ0n) is 12.2. The van der Waals surface area contributed by atoms with Gasteiger partial charge in [0.25, 0.3) is 0 Å². The molecule has 0 fully saturated rings. The fourth-order valence-electron chi connectivity index (χ4n) is 1.41. The van der Waals surface area contributed by atoms with Gasteiger partial charge < -0.3 is 16.2 Å². The zero-order chi connectivity index (χ0) is 17.4. The first-order chi connectivity index (χ1) is 10.8. The molecule has 1 aromatic heterocycles. The average Bonchev–Trinajstić information content (AvgIpc) is 2.97. The van der Waals surface area contributed by atoms with Gasteiger partial charge in [-0.1, -0.05) is 18.2 Å². The Kier molecular flexibility index (Phi) is 7.24. The fourth-order valence-corrected chi connectivity index (χ4v) is 2.15. The predicted molar refractivity (Wildman–Crippen MR) is 90.2 cm³/mol. The minimum absolute atomic E-state index is 0.107. The molecular weight excluding hydrogens is 340 g/mol. The standard InChI is InChI=1S/C8H8ClNO3S.C7H7NO/c1-4(9)7(11)10-5-2-3-14-6(5)8(12)13;8-7(9)6-4-2-1-3-5-6/h2-4H,1H3,(H,10,11)(H,12,13);1-5H,(H2,8,9). The van der Waals surface area contributed by atoms with Gasteiger partial charge in [0, 0.05) is 5.56 Å². The van der Waals surface area contributed by atoms with Crippen molar-refractivity contribution in [3.63, 3.8) is 0 Å². The van der Waals surface area contributed by atoms with Crippen LogP contribution in [0.5, 0.6) is 0 Å². The molecule has 0 aliphatic rings. The molecule has 6 nitrogen and oxygen atoms in total. The molecule has 1 aromatic carbocycles. The predicted octanol–water partition coefficient (Wildman–Crippen LogP) is 2.80. The smallest absolute Gasteiger partial charge is 0.348 e. The van der Waals surface area contributed by atoms with Crippen molar-refractivity contribution in [1.82, 2.24) is 0 Å². The summed E-state index contributed by atoms with van der Waals surface area (Å²) in [4.78, 5) is 32.3. The summed E-state index contributed by atoms with van der Waals surface area (Å²) < 4.78 is 0. The Bertz CT molecular complexity index is 686. The van der Waals surface area contributed by atoms with Gasteiger partial charge in [-0.3, -0.25) is 9.59 Å². The molecule has 1 unspecified atom stereocenters. The number of benzene rings is 1. The Morgan fingerprint density at radius 2 is 1.83 bits per heavy atom. The van der Waals surface area contributed by atoms with E-state index < -0.39 is 17.3 Å². The molecule has 2 rings (SSSR count).